The van der Waals surface area contributed by atoms with Crippen LogP contribution >= 0.6 is 15.9 Å². The molecule has 0 spiro atoms. The summed E-state index contributed by atoms with van der Waals surface area (Å²) >= 11 is 3.26. The Morgan fingerprint density at radius 3 is 2.62 bits per heavy atom. The summed E-state index contributed by atoms with van der Waals surface area (Å²) in [7, 11) is 0. The lowest BCUT2D eigenvalue weighted by atomic mass is 10.2. The van der Waals surface area contributed by atoms with Crippen molar-refractivity contribution >= 4 is 28.1 Å². The summed E-state index contributed by atoms with van der Waals surface area (Å²) in [6.07, 6.45) is 2.40. The molecule has 2 aromatic carbocycles. The molecular weight excluding hydrogens is 400 g/mol. The van der Waals surface area contributed by atoms with Crippen molar-refractivity contribution in [3.63, 3.8) is 0 Å². The number of halogens is 1. The maximum absolute atomic E-state index is 12.1. The highest BCUT2D eigenvalue weighted by Gasteiger charge is 2.09. The van der Waals surface area contributed by atoms with Crippen LogP contribution in [-0.4, -0.2) is 30.4 Å². The molecule has 2 aromatic rings. The first-order valence-corrected chi connectivity index (χ1v) is 9.06. The zero-order valence-corrected chi connectivity index (χ0v) is 16.2. The number of carbonyl (C=O) groups is 1. The van der Waals surface area contributed by atoms with Gasteiger partial charge in [0.15, 0.2) is 11.5 Å². The molecule has 26 heavy (non-hydrogen) atoms. The first-order valence-electron chi connectivity index (χ1n) is 8.26. The van der Waals surface area contributed by atoms with E-state index < -0.39 is 0 Å². The van der Waals surface area contributed by atoms with Crippen molar-refractivity contribution in [2.45, 2.75) is 20.3 Å². The van der Waals surface area contributed by atoms with E-state index in [-0.39, 0.29) is 11.7 Å². The van der Waals surface area contributed by atoms with Crippen LogP contribution in [0.25, 0.3) is 0 Å². The van der Waals surface area contributed by atoms with E-state index in [9.17, 15) is 9.90 Å². The first kappa shape index (κ1) is 19.8. The smallest absolute Gasteiger partial charge is 0.271 e. The Balaban J connectivity index is 2.00. The number of benzene rings is 2. The van der Waals surface area contributed by atoms with Crippen molar-refractivity contribution in [2.24, 2.45) is 5.10 Å². The summed E-state index contributed by atoms with van der Waals surface area (Å²) in [5.74, 6) is 0.770. The summed E-state index contributed by atoms with van der Waals surface area (Å²) in [4.78, 5) is 12.1. The fraction of sp³-hybridized carbons (Fsp3) is 0.263. The molecule has 138 valence electrons. The number of hydrogen-bond acceptors (Lipinski definition) is 5. The number of ether oxygens (including phenoxy) is 2. The van der Waals surface area contributed by atoms with Crippen molar-refractivity contribution in [1.82, 2.24) is 5.43 Å². The highest BCUT2D eigenvalue weighted by Crippen LogP contribution is 2.35. The van der Waals surface area contributed by atoms with Gasteiger partial charge in [-0.05, 0) is 71.2 Å². The van der Waals surface area contributed by atoms with Crippen LogP contribution in [0.1, 0.15) is 36.2 Å². The zero-order chi connectivity index (χ0) is 18.9. The number of carbonyl (C=O) groups excluding carboxylic acids is 1. The van der Waals surface area contributed by atoms with Crippen LogP contribution in [0.3, 0.4) is 0 Å². The third-order valence-electron chi connectivity index (χ3n) is 3.32. The molecule has 0 heterocycles. The number of phenolic OH excluding ortho intramolecular Hbond substituents is 1. The third kappa shape index (κ3) is 5.49. The van der Waals surface area contributed by atoms with E-state index >= 15 is 0 Å². The second kappa shape index (κ2) is 9.82. The number of nitrogens with one attached hydrogen (secondary N) is 1. The van der Waals surface area contributed by atoms with E-state index in [2.05, 4.69) is 26.5 Å². The van der Waals surface area contributed by atoms with Gasteiger partial charge < -0.3 is 14.6 Å². The van der Waals surface area contributed by atoms with E-state index in [4.69, 9.17) is 9.47 Å². The molecule has 0 bridgehead atoms. The molecule has 2 rings (SSSR count). The van der Waals surface area contributed by atoms with E-state index in [1.807, 2.05) is 13.8 Å². The number of hydrazone groups is 1. The van der Waals surface area contributed by atoms with Gasteiger partial charge in [-0.2, -0.15) is 5.10 Å². The largest absolute Gasteiger partial charge is 0.503 e. The molecule has 2 N–H and O–H groups in total. The molecule has 0 atom stereocenters. The van der Waals surface area contributed by atoms with Gasteiger partial charge in [0, 0.05) is 5.56 Å². The topological polar surface area (TPSA) is 80.2 Å². The van der Waals surface area contributed by atoms with Crippen LogP contribution in [0, 0.1) is 0 Å². The number of nitrogens with zero attached hydrogens (tertiary/aromatic N) is 1. The number of phenols is 1. The molecular formula is C19H21BrN2O4. The van der Waals surface area contributed by atoms with E-state index in [0.717, 1.165) is 12.2 Å². The molecule has 0 aliphatic rings. The van der Waals surface area contributed by atoms with E-state index in [0.29, 0.717) is 34.6 Å². The lowest BCUT2D eigenvalue weighted by Gasteiger charge is -2.08. The van der Waals surface area contributed by atoms with Gasteiger partial charge >= 0.3 is 0 Å². The third-order valence-corrected chi connectivity index (χ3v) is 3.92. The average Bonchev–Trinajstić information content (AvgIpc) is 2.64. The van der Waals surface area contributed by atoms with Crippen molar-refractivity contribution in [3.8, 4) is 17.2 Å². The van der Waals surface area contributed by atoms with Gasteiger partial charge in [0.1, 0.15) is 5.75 Å². The number of hydrogen-bond donors (Lipinski definition) is 2. The Bertz CT molecular complexity index is 776. The number of aromatic hydroxyl groups is 1. The van der Waals surface area contributed by atoms with Crippen molar-refractivity contribution < 1.29 is 19.4 Å². The van der Waals surface area contributed by atoms with Gasteiger partial charge in [-0.15, -0.1) is 0 Å². The highest BCUT2D eigenvalue weighted by atomic mass is 79.9. The minimum Gasteiger partial charge on any atom is -0.503 e. The van der Waals surface area contributed by atoms with Crippen LogP contribution in [0.2, 0.25) is 0 Å². The molecule has 0 aromatic heterocycles. The Morgan fingerprint density at radius 2 is 1.96 bits per heavy atom. The molecule has 0 radical (unpaired) electrons. The molecule has 0 saturated carbocycles. The minimum absolute atomic E-state index is 0.0263. The van der Waals surface area contributed by atoms with Crippen molar-refractivity contribution in [1.29, 1.82) is 0 Å². The Hall–Kier alpha value is -2.54. The Morgan fingerprint density at radius 1 is 1.23 bits per heavy atom. The second-order valence-corrected chi connectivity index (χ2v) is 6.21. The quantitative estimate of drug-likeness (QED) is 0.497. The lowest BCUT2D eigenvalue weighted by Crippen LogP contribution is -2.17. The number of rotatable bonds is 8. The molecule has 0 saturated heterocycles. The molecule has 7 heteroatoms. The summed E-state index contributed by atoms with van der Waals surface area (Å²) in [5, 5.41) is 13.8. The molecule has 1 amide bonds. The molecule has 0 fully saturated rings. The highest BCUT2D eigenvalue weighted by molar-refractivity contribution is 9.10. The molecule has 0 aliphatic heterocycles. The predicted molar refractivity (Wildman–Crippen MR) is 104 cm³/mol. The summed E-state index contributed by atoms with van der Waals surface area (Å²) in [6.45, 7) is 4.92. The summed E-state index contributed by atoms with van der Waals surface area (Å²) in [6, 6.07) is 10.2. The van der Waals surface area contributed by atoms with Crippen LogP contribution in [0.5, 0.6) is 17.2 Å². The fourth-order valence-corrected chi connectivity index (χ4v) is 2.55. The SMILES string of the molecule is CCCOc1ccc(C(=O)N/N=C/c2cc(Br)c(O)c(OCC)c2)cc1. The van der Waals surface area contributed by atoms with Crippen molar-refractivity contribution in [3.05, 3.63) is 52.0 Å². The maximum Gasteiger partial charge on any atom is 0.271 e. The summed E-state index contributed by atoms with van der Waals surface area (Å²) in [5.41, 5.74) is 3.61. The maximum atomic E-state index is 12.1. The van der Waals surface area contributed by atoms with Gasteiger partial charge in [0.25, 0.3) is 5.91 Å². The molecule has 0 unspecified atom stereocenters. The first-order chi connectivity index (χ1) is 12.5. The van der Waals surface area contributed by atoms with Gasteiger partial charge in [-0.3, -0.25) is 4.79 Å². The van der Waals surface area contributed by atoms with E-state index in [1.165, 1.54) is 6.21 Å². The summed E-state index contributed by atoms with van der Waals surface area (Å²) < 4.78 is 11.3. The van der Waals surface area contributed by atoms with Crippen LogP contribution in [-0.2, 0) is 0 Å². The Kier molecular flexibility index (Phi) is 7.47. The zero-order valence-electron chi connectivity index (χ0n) is 14.7. The fourth-order valence-electron chi connectivity index (χ4n) is 2.09. The standard InChI is InChI=1S/C19H21BrN2O4/c1-3-9-26-15-7-5-14(6-8-15)19(24)22-21-12-13-10-16(20)18(23)17(11-13)25-4-2/h5-8,10-12,23H,3-4,9H2,1-2H3,(H,22,24)/b21-12+. The lowest BCUT2D eigenvalue weighted by molar-refractivity contribution is 0.0955. The minimum atomic E-state index is -0.328. The normalized spacial score (nSPS) is 10.7. The molecule has 0 aliphatic carbocycles. The van der Waals surface area contributed by atoms with Gasteiger partial charge in [-0.25, -0.2) is 5.43 Å². The van der Waals surface area contributed by atoms with Crippen LogP contribution in [0.4, 0.5) is 0 Å². The van der Waals surface area contributed by atoms with E-state index in [1.54, 1.807) is 36.4 Å². The molecule has 6 nitrogen and oxygen atoms in total. The van der Waals surface area contributed by atoms with Gasteiger partial charge in [0.05, 0.1) is 23.9 Å². The van der Waals surface area contributed by atoms with Crippen LogP contribution in [0.15, 0.2) is 46.0 Å². The predicted octanol–water partition coefficient (Wildman–Crippen LogP) is 4.11. The van der Waals surface area contributed by atoms with Crippen molar-refractivity contribution in [2.75, 3.05) is 13.2 Å². The average molecular weight is 421 g/mol. The van der Waals surface area contributed by atoms with Crippen LogP contribution < -0.4 is 14.9 Å². The Labute approximate surface area is 161 Å². The van der Waals surface area contributed by atoms with Gasteiger partial charge in [0.2, 0.25) is 0 Å². The monoisotopic (exact) mass is 420 g/mol. The second-order valence-electron chi connectivity index (χ2n) is 5.35. The van der Waals surface area contributed by atoms with Gasteiger partial charge in [-0.1, -0.05) is 6.92 Å². The number of amides is 1.